The molecular weight excluding hydrogens is 276 g/mol. The molecule has 0 fully saturated rings. The Morgan fingerprint density at radius 3 is 2.30 bits per heavy atom. The topological polar surface area (TPSA) is 86.9 Å². The molecule has 0 aromatic carbocycles. The lowest BCUT2D eigenvalue weighted by Crippen LogP contribution is -2.47. The Bertz CT molecular complexity index is 498. The summed E-state index contributed by atoms with van der Waals surface area (Å²) < 4.78 is 28.0. The zero-order valence-corrected chi connectivity index (χ0v) is 13.6. The zero-order chi connectivity index (χ0) is 15.2. The van der Waals surface area contributed by atoms with Gasteiger partial charge in [-0.1, -0.05) is 27.7 Å². The molecule has 0 unspecified atom stereocenters. The lowest BCUT2D eigenvalue weighted by molar-refractivity contribution is 0.341. The van der Waals surface area contributed by atoms with Gasteiger partial charge in [0, 0.05) is 17.6 Å². The SMILES string of the molecule is CCNCc1cn[nH]c1S(=O)(=O)NC(CC)(CC)CC. The van der Waals surface area contributed by atoms with E-state index in [9.17, 15) is 8.42 Å². The molecular formula is C13H26N4O2S. The van der Waals surface area contributed by atoms with Crippen molar-refractivity contribution in [2.45, 2.75) is 64.1 Å². The fourth-order valence-electron chi connectivity index (χ4n) is 2.22. The van der Waals surface area contributed by atoms with Crippen LogP contribution in [0.15, 0.2) is 11.2 Å². The highest BCUT2D eigenvalue weighted by Crippen LogP contribution is 2.23. The number of sulfonamides is 1. The van der Waals surface area contributed by atoms with E-state index in [4.69, 9.17) is 0 Å². The zero-order valence-electron chi connectivity index (χ0n) is 12.8. The fourth-order valence-corrected chi connectivity index (χ4v) is 3.97. The molecule has 0 amide bonds. The maximum Gasteiger partial charge on any atom is 0.258 e. The van der Waals surface area contributed by atoms with Crippen molar-refractivity contribution in [2.24, 2.45) is 0 Å². The molecule has 0 saturated heterocycles. The molecule has 0 radical (unpaired) electrons. The molecule has 116 valence electrons. The van der Waals surface area contributed by atoms with Crippen molar-refractivity contribution >= 4 is 10.0 Å². The summed E-state index contributed by atoms with van der Waals surface area (Å²) in [6.45, 7) is 9.25. The monoisotopic (exact) mass is 302 g/mol. The smallest absolute Gasteiger partial charge is 0.258 e. The van der Waals surface area contributed by atoms with Crippen molar-refractivity contribution < 1.29 is 8.42 Å². The number of H-pyrrole nitrogens is 1. The maximum absolute atomic E-state index is 12.6. The average Bonchev–Trinajstić information content (AvgIpc) is 2.92. The minimum atomic E-state index is -3.58. The van der Waals surface area contributed by atoms with Crippen molar-refractivity contribution in [3.05, 3.63) is 11.8 Å². The standard InChI is InChI=1S/C13H26N4O2S/c1-5-13(6-2,7-3)17-20(18,19)12-11(9-14-8-4)10-15-16-12/h10,14,17H,5-9H2,1-4H3,(H,15,16). The normalized spacial score (nSPS) is 12.8. The summed E-state index contributed by atoms with van der Waals surface area (Å²) in [5, 5.41) is 9.75. The van der Waals surface area contributed by atoms with Crippen molar-refractivity contribution in [1.82, 2.24) is 20.2 Å². The van der Waals surface area contributed by atoms with E-state index in [1.54, 1.807) is 6.20 Å². The van der Waals surface area contributed by atoms with E-state index in [-0.39, 0.29) is 10.6 Å². The Kier molecular flexibility index (Phi) is 6.16. The van der Waals surface area contributed by atoms with Crippen LogP contribution < -0.4 is 10.0 Å². The van der Waals surface area contributed by atoms with E-state index in [1.807, 2.05) is 27.7 Å². The van der Waals surface area contributed by atoms with Crippen LogP contribution in [0.25, 0.3) is 0 Å². The molecule has 6 nitrogen and oxygen atoms in total. The second kappa shape index (κ2) is 7.19. The van der Waals surface area contributed by atoms with Crippen LogP contribution in [0.3, 0.4) is 0 Å². The highest BCUT2D eigenvalue weighted by molar-refractivity contribution is 7.89. The van der Waals surface area contributed by atoms with Crippen LogP contribution in [-0.4, -0.2) is 30.7 Å². The van der Waals surface area contributed by atoms with Crippen LogP contribution in [0.2, 0.25) is 0 Å². The number of rotatable bonds is 9. The first-order chi connectivity index (χ1) is 9.44. The van der Waals surface area contributed by atoms with E-state index >= 15 is 0 Å². The predicted octanol–water partition coefficient (Wildman–Crippen LogP) is 1.77. The van der Waals surface area contributed by atoms with Gasteiger partial charge < -0.3 is 5.32 Å². The molecule has 1 aromatic heterocycles. The van der Waals surface area contributed by atoms with Gasteiger partial charge in [0.25, 0.3) is 10.0 Å². The van der Waals surface area contributed by atoms with Crippen molar-refractivity contribution in [1.29, 1.82) is 0 Å². The molecule has 0 bridgehead atoms. The molecule has 3 N–H and O–H groups in total. The lowest BCUT2D eigenvalue weighted by atomic mass is 9.91. The molecule has 20 heavy (non-hydrogen) atoms. The summed E-state index contributed by atoms with van der Waals surface area (Å²) in [5.74, 6) is 0. The summed E-state index contributed by atoms with van der Waals surface area (Å²) >= 11 is 0. The fraction of sp³-hybridized carbons (Fsp3) is 0.769. The number of aromatic nitrogens is 2. The Labute approximate surface area is 121 Å². The molecule has 0 aliphatic heterocycles. The third-order valence-electron chi connectivity index (χ3n) is 3.89. The van der Waals surface area contributed by atoms with Crippen LogP contribution in [0.4, 0.5) is 0 Å². The Morgan fingerprint density at radius 1 is 1.20 bits per heavy atom. The molecule has 0 aliphatic carbocycles. The number of nitrogens with zero attached hydrogens (tertiary/aromatic N) is 1. The first kappa shape index (κ1) is 17.1. The van der Waals surface area contributed by atoms with Crippen molar-refractivity contribution in [2.75, 3.05) is 6.54 Å². The first-order valence-electron chi connectivity index (χ1n) is 7.21. The third kappa shape index (κ3) is 3.80. The summed E-state index contributed by atoms with van der Waals surface area (Å²) in [6.07, 6.45) is 3.84. The number of nitrogens with one attached hydrogen (secondary N) is 3. The van der Waals surface area contributed by atoms with Gasteiger partial charge >= 0.3 is 0 Å². The van der Waals surface area contributed by atoms with E-state index in [1.165, 1.54) is 0 Å². The average molecular weight is 302 g/mol. The van der Waals surface area contributed by atoms with E-state index in [0.29, 0.717) is 12.1 Å². The predicted molar refractivity (Wildman–Crippen MR) is 79.9 cm³/mol. The second-order valence-electron chi connectivity index (χ2n) is 4.95. The molecule has 0 aliphatic rings. The summed E-state index contributed by atoms with van der Waals surface area (Å²) in [6, 6.07) is 0. The van der Waals surface area contributed by atoms with Crippen LogP contribution >= 0.6 is 0 Å². The van der Waals surface area contributed by atoms with Crippen molar-refractivity contribution in [3.63, 3.8) is 0 Å². The van der Waals surface area contributed by atoms with Crippen LogP contribution in [-0.2, 0) is 16.6 Å². The van der Waals surface area contributed by atoms with E-state index < -0.39 is 10.0 Å². The molecule has 7 heteroatoms. The van der Waals surface area contributed by atoms with Crippen LogP contribution in [0.1, 0.15) is 52.5 Å². The van der Waals surface area contributed by atoms with Gasteiger partial charge in [-0.15, -0.1) is 0 Å². The minimum Gasteiger partial charge on any atom is -0.313 e. The molecule has 1 rings (SSSR count). The molecule has 1 heterocycles. The Morgan fingerprint density at radius 2 is 1.80 bits per heavy atom. The molecule has 0 spiro atoms. The summed E-state index contributed by atoms with van der Waals surface area (Å²) in [4.78, 5) is 0. The maximum atomic E-state index is 12.6. The number of hydrogen-bond acceptors (Lipinski definition) is 4. The Balaban J connectivity index is 3.02. The first-order valence-corrected chi connectivity index (χ1v) is 8.69. The van der Waals surface area contributed by atoms with Gasteiger partial charge in [0.1, 0.15) is 0 Å². The van der Waals surface area contributed by atoms with E-state index in [2.05, 4.69) is 20.2 Å². The highest BCUT2D eigenvalue weighted by Gasteiger charge is 2.32. The Hall–Kier alpha value is -0.920. The van der Waals surface area contributed by atoms with Gasteiger partial charge in [0.2, 0.25) is 0 Å². The number of hydrogen-bond donors (Lipinski definition) is 3. The second-order valence-corrected chi connectivity index (χ2v) is 6.57. The highest BCUT2D eigenvalue weighted by atomic mass is 32.2. The van der Waals surface area contributed by atoms with Crippen LogP contribution in [0.5, 0.6) is 0 Å². The minimum absolute atomic E-state index is 0.165. The third-order valence-corrected chi connectivity index (χ3v) is 5.49. The van der Waals surface area contributed by atoms with Gasteiger partial charge in [-0.05, 0) is 25.8 Å². The number of aromatic amines is 1. The quantitative estimate of drug-likeness (QED) is 0.649. The summed E-state index contributed by atoms with van der Waals surface area (Å²) in [7, 11) is -3.58. The lowest BCUT2D eigenvalue weighted by Gasteiger charge is -2.31. The van der Waals surface area contributed by atoms with Gasteiger partial charge in [0.05, 0.1) is 6.20 Å². The summed E-state index contributed by atoms with van der Waals surface area (Å²) in [5.41, 5.74) is 0.274. The van der Waals surface area contributed by atoms with E-state index in [0.717, 1.165) is 25.8 Å². The molecule has 1 aromatic rings. The van der Waals surface area contributed by atoms with Gasteiger partial charge in [-0.2, -0.15) is 5.10 Å². The van der Waals surface area contributed by atoms with Gasteiger partial charge in [-0.25, -0.2) is 13.1 Å². The molecule has 0 atom stereocenters. The van der Waals surface area contributed by atoms with Gasteiger partial charge in [0.15, 0.2) is 5.03 Å². The largest absolute Gasteiger partial charge is 0.313 e. The molecule has 0 saturated carbocycles. The van der Waals surface area contributed by atoms with Gasteiger partial charge in [-0.3, -0.25) is 5.10 Å². The van der Waals surface area contributed by atoms with Crippen molar-refractivity contribution in [3.8, 4) is 0 Å². The van der Waals surface area contributed by atoms with Crippen LogP contribution in [0, 0.1) is 0 Å².